The van der Waals surface area contributed by atoms with E-state index in [1.54, 1.807) is 4.90 Å². The van der Waals surface area contributed by atoms with Crippen LogP contribution in [0.3, 0.4) is 0 Å². The van der Waals surface area contributed by atoms with Gasteiger partial charge in [0.1, 0.15) is 0 Å². The fraction of sp³-hybridized carbons (Fsp3) is 0.444. The van der Waals surface area contributed by atoms with Crippen molar-refractivity contribution in [3.63, 3.8) is 0 Å². The molecule has 1 aromatic heterocycles. The van der Waals surface area contributed by atoms with Crippen molar-refractivity contribution < 1.29 is 19.1 Å². The average Bonchev–Trinajstić information content (AvgIpc) is 3.06. The van der Waals surface area contributed by atoms with Gasteiger partial charge in [0.2, 0.25) is 17.7 Å². The standard InChI is InChI=1S/C18H23N3O4/c1-13(2)12-21(11-10-17(23)24)16(22)9-8-15-19-20-18(25-15)14-6-4-3-5-7-14/h3-7,13H,8-12H2,1-2H3,(H,23,24). The van der Waals surface area contributed by atoms with Crippen LogP contribution in [-0.2, 0) is 16.0 Å². The molecule has 0 saturated heterocycles. The Kier molecular flexibility index (Phi) is 6.68. The lowest BCUT2D eigenvalue weighted by Crippen LogP contribution is -2.36. The topological polar surface area (TPSA) is 96.5 Å². The van der Waals surface area contributed by atoms with Crippen molar-refractivity contribution in [3.05, 3.63) is 36.2 Å². The van der Waals surface area contributed by atoms with Gasteiger partial charge >= 0.3 is 5.97 Å². The van der Waals surface area contributed by atoms with Gasteiger partial charge in [0, 0.05) is 31.5 Å². The molecule has 0 spiro atoms. The maximum absolute atomic E-state index is 12.4. The van der Waals surface area contributed by atoms with E-state index in [0.717, 1.165) is 5.56 Å². The van der Waals surface area contributed by atoms with Crippen molar-refractivity contribution in [1.82, 2.24) is 15.1 Å². The summed E-state index contributed by atoms with van der Waals surface area (Å²) in [5.74, 6) is 0.0779. The van der Waals surface area contributed by atoms with Crippen LogP contribution in [0.15, 0.2) is 34.7 Å². The molecule has 0 aliphatic carbocycles. The van der Waals surface area contributed by atoms with Gasteiger partial charge in [-0.2, -0.15) is 0 Å². The molecule has 7 heteroatoms. The molecule has 2 aromatic rings. The van der Waals surface area contributed by atoms with Crippen LogP contribution in [0, 0.1) is 5.92 Å². The van der Waals surface area contributed by atoms with E-state index in [4.69, 9.17) is 9.52 Å². The third-order valence-electron chi connectivity index (χ3n) is 3.57. The average molecular weight is 345 g/mol. The largest absolute Gasteiger partial charge is 0.481 e. The molecule has 7 nitrogen and oxygen atoms in total. The fourth-order valence-electron chi connectivity index (χ4n) is 2.41. The van der Waals surface area contributed by atoms with E-state index in [2.05, 4.69) is 10.2 Å². The van der Waals surface area contributed by atoms with Crippen molar-refractivity contribution in [3.8, 4) is 11.5 Å². The number of aryl methyl sites for hydroxylation is 1. The molecule has 2 rings (SSSR count). The van der Waals surface area contributed by atoms with Gasteiger partial charge < -0.3 is 14.4 Å². The second kappa shape index (κ2) is 8.96. The number of rotatable bonds is 9. The van der Waals surface area contributed by atoms with Crippen LogP contribution < -0.4 is 0 Å². The van der Waals surface area contributed by atoms with Crippen molar-refractivity contribution in [2.75, 3.05) is 13.1 Å². The van der Waals surface area contributed by atoms with Crippen LogP contribution in [0.4, 0.5) is 0 Å². The molecule has 0 radical (unpaired) electrons. The van der Waals surface area contributed by atoms with Gasteiger partial charge in [-0.1, -0.05) is 32.0 Å². The minimum atomic E-state index is -0.911. The van der Waals surface area contributed by atoms with E-state index in [-0.39, 0.29) is 31.2 Å². The molecule has 1 amide bonds. The second-order valence-electron chi connectivity index (χ2n) is 6.24. The van der Waals surface area contributed by atoms with Gasteiger partial charge in [-0.05, 0) is 18.1 Å². The van der Waals surface area contributed by atoms with E-state index in [0.29, 0.717) is 24.7 Å². The van der Waals surface area contributed by atoms with E-state index < -0.39 is 5.97 Å². The summed E-state index contributed by atoms with van der Waals surface area (Å²) in [6, 6.07) is 9.42. The number of carboxylic acids is 1. The highest BCUT2D eigenvalue weighted by atomic mass is 16.4. The first-order valence-electron chi connectivity index (χ1n) is 8.33. The molecule has 1 aromatic carbocycles. The zero-order valence-corrected chi connectivity index (χ0v) is 14.5. The van der Waals surface area contributed by atoms with Gasteiger partial charge in [0.15, 0.2) is 0 Å². The molecule has 1 N–H and O–H groups in total. The van der Waals surface area contributed by atoms with Crippen LogP contribution >= 0.6 is 0 Å². The highest BCUT2D eigenvalue weighted by Crippen LogP contribution is 2.17. The Balaban J connectivity index is 1.93. The molecule has 0 fully saturated rings. The molecule has 0 aliphatic heterocycles. The molecule has 1 heterocycles. The summed E-state index contributed by atoms with van der Waals surface area (Å²) < 4.78 is 5.59. The lowest BCUT2D eigenvalue weighted by molar-refractivity contribution is -0.138. The number of hydrogen-bond donors (Lipinski definition) is 1. The van der Waals surface area contributed by atoms with E-state index in [1.165, 1.54) is 0 Å². The minimum Gasteiger partial charge on any atom is -0.481 e. The van der Waals surface area contributed by atoms with Crippen LogP contribution in [-0.4, -0.2) is 45.2 Å². The van der Waals surface area contributed by atoms with Crippen LogP contribution in [0.5, 0.6) is 0 Å². The van der Waals surface area contributed by atoms with E-state index in [9.17, 15) is 9.59 Å². The number of carbonyl (C=O) groups excluding carboxylic acids is 1. The molecular formula is C18H23N3O4. The molecule has 0 unspecified atom stereocenters. The predicted molar refractivity (Wildman–Crippen MR) is 91.7 cm³/mol. The highest BCUT2D eigenvalue weighted by molar-refractivity contribution is 5.77. The number of carboxylic acid groups (broad SMARTS) is 1. The van der Waals surface area contributed by atoms with Gasteiger partial charge in [-0.3, -0.25) is 9.59 Å². The quantitative estimate of drug-likeness (QED) is 0.750. The number of aliphatic carboxylic acids is 1. The Bertz CT molecular complexity index is 697. The van der Waals surface area contributed by atoms with E-state index in [1.807, 2.05) is 44.2 Å². The summed E-state index contributed by atoms with van der Waals surface area (Å²) in [6.45, 7) is 4.73. The summed E-state index contributed by atoms with van der Waals surface area (Å²) in [7, 11) is 0. The summed E-state index contributed by atoms with van der Waals surface area (Å²) in [4.78, 5) is 24.7. The number of amides is 1. The normalized spacial score (nSPS) is 10.8. The van der Waals surface area contributed by atoms with Gasteiger partial charge in [0.05, 0.1) is 6.42 Å². The maximum atomic E-state index is 12.4. The van der Waals surface area contributed by atoms with Crippen molar-refractivity contribution in [2.24, 2.45) is 5.92 Å². The summed E-state index contributed by atoms with van der Waals surface area (Å²) >= 11 is 0. The van der Waals surface area contributed by atoms with Crippen LogP contribution in [0.25, 0.3) is 11.5 Å². The van der Waals surface area contributed by atoms with Crippen LogP contribution in [0.2, 0.25) is 0 Å². The maximum Gasteiger partial charge on any atom is 0.305 e. The Hall–Kier alpha value is -2.70. The molecule has 0 bridgehead atoms. The summed E-state index contributed by atoms with van der Waals surface area (Å²) in [5, 5.41) is 16.8. The van der Waals surface area contributed by atoms with E-state index >= 15 is 0 Å². The predicted octanol–water partition coefficient (Wildman–Crippen LogP) is 2.63. The number of aromatic nitrogens is 2. The number of carbonyl (C=O) groups is 2. The molecule has 0 aliphatic rings. The second-order valence-corrected chi connectivity index (χ2v) is 6.24. The number of benzene rings is 1. The zero-order chi connectivity index (χ0) is 18.2. The Morgan fingerprint density at radius 3 is 2.52 bits per heavy atom. The smallest absolute Gasteiger partial charge is 0.305 e. The molecular weight excluding hydrogens is 322 g/mol. The Morgan fingerprint density at radius 1 is 1.16 bits per heavy atom. The first-order valence-corrected chi connectivity index (χ1v) is 8.33. The van der Waals surface area contributed by atoms with Crippen molar-refractivity contribution in [1.29, 1.82) is 0 Å². The molecule has 0 saturated carbocycles. The zero-order valence-electron chi connectivity index (χ0n) is 14.5. The fourth-order valence-corrected chi connectivity index (χ4v) is 2.41. The minimum absolute atomic E-state index is 0.0584. The third-order valence-corrected chi connectivity index (χ3v) is 3.57. The molecule has 25 heavy (non-hydrogen) atoms. The highest BCUT2D eigenvalue weighted by Gasteiger charge is 2.17. The molecule has 134 valence electrons. The Labute approximate surface area is 146 Å². The van der Waals surface area contributed by atoms with Crippen LogP contribution in [0.1, 0.15) is 32.6 Å². The van der Waals surface area contributed by atoms with Gasteiger partial charge in [-0.25, -0.2) is 0 Å². The molecule has 0 atom stereocenters. The van der Waals surface area contributed by atoms with Crippen molar-refractivity contribution >= 4 is 11.9 Å². The Morgan fingerprint density at radius 2 is 1.88 bits per heavy atom. The summed E-state index contributed by atoms with van der Waals surface area (Å²) in [5.41, 5.74) is 0.829. The number of nitrogens with zero attached hydrogens (tertiary/aromatic N) is 3. The van der Waals surface area contributed by atoms with Crippen molar-refractivity contribution in [2.45, 2.75) is 33.1 Å². The van der Waals surface area contributed by atoms with Gasteiger partial charge in [-0.15, -0.1) is 10.2 Å². The first-order chi connectivity index (χ1) is 12.0. The SMILES string of the molecule is CC(C)CN(CCC(=O)O)C(=O)CCc1nnc(-c2ccccc2)o1. The first kappa shape index (κ1) is 18.6. The summed E-state index contributed by atoms with van der Waals surface area (Å²) in [6.07, 6.45) is 0.486. The third kappa shape index (κ3) is 6.02. The monoisotopic (exact) mass is 345 g/mol. The lowest BCUT2D eigenvalue weighted by atomic mass is 10.1. The lowest BCUT2D eigenvalue weighted by Gasteiger charge is -2.23. The number of hydrogen-bond acceptors (Lipinski definition) is 5. The van der Waals surface area contributed by atoms with Gasteiger partial charge in [0.25, 0.3) is 0 Å².